The molecular weight excluding hydrogens is 180 g/mol. The van der Waals surface area contributed by atoms with Crippen LogP contribution >= 0.6 is 0 Å². The molecule has 12 N–H and O–H groups in total. The third-order valence-corrected chi connectivity index (χ3v) is 0.795. The van der Waals surface area contributed by atoms with Crippen molar-refractivity contribution in [2.75, 3.05) is 0 Å². The Morgan fingerprint density at radius 1 is 1.00 bits per heavy atom. The molecular formula is C2H14N10O. The summed E-state index contributed by atoms with van der Waals surface area (Å²) in [5, 5.41) is 2.30. The Labute approximate surface area is 74.0 Å². The molecule has 0 aliphatic carbocycles. The van der Waals surface area contributed by atoms with Gasteiger partial charge >= 0.3 is 0 Å². The molecule has 13 heavy (non-hydrogen) atoms. The Balaban J connectivity index is 3.16. The third-order valence-electron chi connectivity index (χ3n) is 0.795. The first kappa shape index (κ1) is 12.1. The van der Waals surface area contributed by atoms with Gasteiger partial charge in [0.1, 0.15) is 12.6 Å². The molecule has 0 radical (unpaired) electrons. The number of nitrogens with two attached hydrogens (primary N) is 3. The van der Waals surface area contributed by atoms with Crippen LogP contribution in [-0.4, -0.2) is 12.6 Å². The van der Waals surface area contributed by atoms with Gasteiger partial charge in [0.15, 0.2) is 0 Å². The highest BCUT2D eigenvalue weighted by Crippen LogP contribution is 1.53. The Morgan fingerprint density at radius 3 is 2.15 bits per heavy atom. The SMILES string of the molecule is NC(N)NNNNC(N)NNN=O. The summed E-state index contributed by atoms with van der Waals surface area (Å²) in [4.78, 5) is 9.54. The van der Waals surface area contributed by atoms with Gasteiger partial charge in [-0.25, -0.2) is 16.4 Å². The second-order valence-corrected chi connectivity index (χ2v) is 1.89. The lowest BCUT2D eigenvalue weighted by molar-refractivity contribution is 0.269. The molecule has 0 saturated carbocycles. The van der Waals surface area contributed by atoms with Crippen LogP contribution in [0.1, 0.15) is 0 Å². The number of hydrogen-bond donors (Lipinski definition) is 9. The van der Waals surface area contributed by atoms with Crippen LogP contribution in [0.4, 0.5) is 0 Å². The first-order valence-corrected chi connectivity index (χ1v) is 3.27. The van der Waals surface area contributed by atoms with Gasteiger partial charge in [0.2, 0.25) is 0 Å². The lowest BCUT2D eigenvalue weighted by Gasteiger charge is -2.16. The van der Waals surface area contributed by atoms with E-state index < -0.39 is 12.6 Å². The molecule has 0 aliphatic heterocycles. The van der Waals surface area contributed by atoms with Crippen molar-refractivity contribution in [3.63, 3.8) is 0 Å². The van der Waals surface area contributed by atoms with Gasteiger partial charge in [0, 0.05) is 0 Å². The van der Waals surface area contributed by atoms with E-state index in [0.29, 0.717) is 0 Å². The van der Waals surface area contributed by atoms with E-state index in [1.54, 1.807) is 0 Å². The topological polar surface area (TPSA) is 180 Å². The first-order chi connectivity index (χ1) is 6.16. The third kappa shape index (κ3) is 8.99. The summed E-state index contributed by atoms with van der Waals surface area (Å²) in [6, 6.07) is 0. The monoisotopic (exact) mass is 194 g/mol. The summed E-state index contributed by atoms with van der Waals surface area (Å²) in [7, 11) is 0. The average molecular weight is 194 g/mol. The number of nitrogens with zero attached hydrogens (tertiary/aromatic N) is 1. The van der Waals surface area contributed by atoms with E-state index in [1.807, 2.05) is 5.53 Å². The lowest BCUT2D eigenvalue weighted by Crippen LogP contribution is -2.65. The molecule has 0 saturated heterocycles. The second kappa shape index (κ2) is 7.71. The van der Waals surface area contributed by atoms with Gasteiger partial charge in [-0.3, -0.25) is 0 Å². The van der Waals surface area contributed by atoms with Gasteiger partial charge in [0.25, 0.3) is 0 Å². The van der Waals surface area contributed by atoms with E-state index in [0.717, 1.165) is 0 Å². The molecule has 0 aromatic carbocycles. The number of hydrazine groups is 4. The zero-order chi connectivity index (χ0) is 10.1. The van der Waals surface area contributed by atoms with Crippen molar-refractivity contribution in [1.29, 1.82) is 0 Å². The zero-order valence-corrected chi connectivity index (χ0v) is 6.74. The molecule has 11 heteroatoms. The van der Waals surface area contributed by atoms with Gasteiger partial charge < -0.3 is 17.2 Å². The molecule has 0 aromatic heterocycles. The molecule has 1 atom stereocenters. The van der Waals surface area contributed by atoms with E-state index in [9.17, 15) is 4.91 Å². The van der Waals surface area contributed by atoms with E-state index in [-0.39, 0.29) is 0 Å². The van der Waals surface area contributed by atoms with Crippen LogP contribution in [0.3, 0.4) is 0 Å². The largest absolute Gasteiger partial charge is 0.303 e. The molecule has 78 valence electrons. The molecule has 0 heterocycles. The minimum atomic E-state index is -0.735. The van der Waals surface area contributed by atoms with Crippen LogP contribution in [0.25, 0.3) is 0 Å². The van der Waals surface area contributed by atoms with E-state index in [1.165, 1.54) is 0 Å². The Morgan fingerprint density at radius 2 is 1.62 bits per heavy atom. The fourth-order valence-corrected chi connectivity index (χ4v) is 0.365. The van der Waals surface area contributed by atoms with Gasteiger partial charge in [-0.05, 0) is 0 Å². The van der Waals surface area contributed by atoms with Crippen LogP contribution in [0.15, 0.2) is 5.29 Å². The molecule has 0 aliphatic rings. The maximum atomic E-state index is 9.54. The van der Waals surface area contributed by atoms with Gasteiger partial charge in [-0.15, -0.1) is 4.91 Å². The summed E-state index contributed by atoms with van der Waals surface area (Å²) in [6.45, 7) is 0. The second-order valence-electron chi connectivity index (χ2n) is 1.89. The summed E-state index contributed by atoms with van der Waals surface area (Å²) >= 11 is 0. The first-order valence-electron chi connectivity index (χ1n) is 3.27. The predicted molar refractivity (Wildman–Crippen MR) is 44.7 cm³/mol. The van der Waals surface area contributed by atoms with Gasteiger partial charge in [-0.1, -0.05) is 0 Å². The van der Waals surface area contributed by atoms with Crippen molar-refractivity contribution in [3.05, 3.63) is 4.91 Å². The van der Waals surface area contributed by atoms with Crippen LogP contribution in [-0.2, 0) is 0 Å². The Bertz CT molecular complexity index is 126. The van der Waals surface area contributed by atoms with Crippen molar-refractivity contribution in [2.24, 2.45) is 22.5 Å². The summed E-state index contributed by atoms with van der Waals surface area (Å²) in [6.07, 6.45) is -1.45. The number of nitrogens with one attached hydrogen (secondary N) is 6. The van der Waals surface area contributed by atoms with Crippen molar-refractivity contribution in [2.45, 2.75) is 12.6 Å². The van der Waals surface area contributed by atoms with Crippen molar-refractivity contribution in [1.82, 2.24) is 32.9 Å². The minimum absolute atomic E-state index is 0.715. The summed E-state index contributed by atoms with van der Waals surface area (Å²) < 4.78 is 0. The van der Waals surface area contributed by atoms with Crippen LogP contribution in [0.5, 0.6) is 0 Å². The predicted octanol–water partition coefficient (Wildman–Crippen LogP) is -4.69. The van der Waals surface area contributed by atoms with E-state index in [4.69, 9.17) is 17.2 Å². The normalized spacial score (nSPS) is 12.9. The highest BCUT2D eigenvalue weighted by atomic mass is 16.3. The molecule has 0 fully saturated rings. The zero-order valence-electron chi connectivity index (χ0n) is 6.74. The maximum Gasteiger partial charge on any atom is 0.141 e. The van der Waals surface area contributed by atoms with Crippen LogP contribution < -0.4 is 50.1 Å². The van der Waals surface area contributed by atoms with E-state index in [2.05, 4.69) is 32.6 Å². The lowest BCUT2D eigenvalue weighted by atomic mass is 10.9. The molecule has 11 nitrogen and oxygen atoms in total. The Kier molecular flexibility index (Phi) is 7.17. The maximum absolute atomic E-state index is 9.54. The number of hydrogen-bond acceptors (Lipinski definition) is 10. The molecule has 0 bridgehead atoms. The summed E-state index contributed by atoms with van der Waals surface area (Å²) in [5.41, 5.74) is 29.3. The van der Waals surface area contributed by atoms with Gasteiger partial charge in [0.05, 0.1) is 5.29 Å². The summed E-state index contributed by atoms with van der Waals surface area (Å²) in [5.74, 6) is 0. The molecule has 0 aromatic rings. The Hall–Kier alpha value is -0.920. The van der Waals surface area contributed by atoms with Crippen molar-refractivity contribution in [3.8, 4) is 0 Å². The molecule has 0 amide bonds. The van der Waals surface area contributed by atoms with Crippen LogP contribution in [0, 0.1) is 4.91 Å². The van der Waals surface area contributed by atoms with Crippen molar-refractivity contribution >= 4 is 0 Å². The fourth-order valence-electron chi connectivity index (χ4n) is 0.365. The number of rotatable bonds is 8. The minimum Gasteiger partial charge on any atom is -0.303 e. The number of nitroso groups, excluding NO2 is 1. The molecule has 0 rings (SSSR count). The fraction of sp³-hybridized carbons (Fsp3) is 1.00. The standard InChI is InChI=1S/C2H14N10O/c3-1(4)6-9-10-7-2(5)8-11-12-13/h1-2,6-7,9-10H,3-5H2,(H,8,12)(H,11,13). The smallest absolute Gasteiger partial charge is 0.141 e. The quantitative estimate of drug-likeness (QED) is 0.0788. The molecule has 1 unspecified atom stereocenters. The van der Waals surface area contributed by atoms with Gasteiger partial charge in [-0.2, -0.15) is 16.5 Å². The van der Waals surface area contributed by atoms with E-state index >= 15 is 0 Å². The highest BCUT2D eigenvalue weighted by molar-refractivity contribution is 4.44. The highest BCUT2D eigenvalue weighted by Gasteiger charge is 1.96. The van der Waals surface area contributed by atoms with Crippen LogP contribution in [0.2, 0.25) is 0 Å². The van der Waals surface area contributed by atoms with Crippen molar-refractivity contribution < 1.29 is 0 Å². The average Bonchev–Trinajstić information content (AvgIpc) is 2.08. The molecule has 0 spiro atoms.